The molecule has 0 radical (unpaired) electrons. The molecule has 0 bridgehead atoms. The molecule has 0 fully saturated rings. The van der Waals surface area contributed by atoms with E-state index >= 15 is 0 Å². The zero-order valence-electron chi connectivity index (χ0n) is 16.6. The zero-order valence-corrected chi connectivity index (χ0v) is 16.6. The van der Waals surface area contributed by atoms with Crippen LogP contribution in [0.4, 0.5) is 0 Å². The maximum atomic E-state index is 13.2. The predicted molar refractivity (Wildman–Crippen MR) is 107 cm³/mol. The average Bonchev–Trinajstić information content (AvgIpc) is 3.09. The molecule has 2 heterocycles. The van der Waals surface area contributed by atoms with Crippen LogP contribution in [0.1, 0.15) is 31.0 Å². The highest BCUT2D eigenvalue weighted by Crippen LogP contribution is 2.24. The summed E-state index contributed by atoms with van der Waals surface area (Å²) in [5.41, 5.74) is 2.64. The topological polar surface area (TPSA) is 91.0 Å². The summed E-state index contributed by atoms with van der Waals surface area (Å²) in [5.74, 6) is -0.219. The molecule has 0 aliphatic carbocycles. The normalized spacial score (nSPS) is 11.3. The maximum absolute atomic E-state index is 13.2. The van der Waals surface area contributed by atoms with Crippen molar-refractivity contribution >= 4 is 16.8 Å². The van der Waals surface area contributed by atoms with Crippen molar-refractivity contribution in [1.29, 1.82) is 0 Å². The molecule has 2 aromatic heterocycles. The second kappa shape index (κ2) is 8.35. The standard InChI is InChI=1S/C20H25N5O3/c1-13(2)18-15-11-22-25(16-8-6-5-7-14(16)3)19(15)20(27)24(23-18)12-17(26)21-9-10-28-4/h5-8,11,13H,9-10,12H2,1-4H3,(H,21,26). The lowest BCUT2D eigenvalue weighted by molar-refractivity contribution is -0.122. The molecule has 3 rings (SSSR count). The molecule has 0 unspecified atom stereocenters. The highest BCUT2D eigenvalue weighted by molar-refractivity contribution is 5.83. The summed E-state index contributed by atoms with van der Waals surface area (Å²) in [4.78, 5) is 25.4. The minimum Gasteiger partial charge on any atom is -0.383 e. The number of carbonyl (C=O) groups excluding carboxylic acids is 1. The first-order valence-electron chi connectivity index (χ1n) is 9.24. The minimum absolute atomic E-state index is 0.0698. The largest absolute Gasteiger partial charge is 0.383 e. The van der Waals surface area contributed by atoms with Crippen molar-refractivity contribution in [2.75, 3.05) is 20.3 Å². The van der Waals surface area contributed by atoms with Crippen molar-refractivity contribution < 1.29 is 9.53 Å². The molecule has 0 saturated carbocycles. The highest BCUT2D eigenvalue weighted by Gasteiger charge is 2.20. The Morgan fingerprint density at radius 2 is 2.04 bits per heavy atom. The summed E-state index contributed by atoms with van der Waals surface area (Å²) in [6.07, 6.45) is 1.68. The Bertz CT molecular complexity index is 1050. The van der Waals surface area contributed by atoms with Gasteiger partial charge in [-0.15, -0.1) is 0 Å². The van der Waals surface area contributed by atoms with Crippen LogP contribution in [0.15, 0.2) is 35.3 Å². The molecule has 0 saturated heterocycles. The van der Waals surface area contributed by atoms with E-state index in [1.165, 1.54) is 4.68 Å². The second-order valence-electron chi connectivity index (χ2n) is 6.95. The Morgan fingerprint density at radius 3 is 2.71 bits per heavy atom. The Morgan fingerprint density at radius 1 is 1.29 bits per heavy atom. The fourth-order valence-electron chi connectivity index (χ4n) is 3.10. The number of aromatic nitrogens is 4. The molecule has 1 N–H and O–H groups in total. The van der Waals surface area contributed by atoms with Gasteiger partial charge in [0.15, 0.2) is 0 Å². The van der Waals surface area contributed by atoms with Crippen LogP contribution in [0.25, 0.3) is 16.6 Å². The average molecular weight is 383 g/mol. The van der Waals surface area contributed by atoms with E-state index in [0.29, 0.717) is 24.1 Å². The first kappa shape index (κ1) is 19.8. The van der Waals surface area contributed by atoms with Crippen molar-refractivity contribution in [3.05, 3.63) is 52.1 Å². The van der Waals surface area contributed by atoms with Crippen LogP contribution in [-0.4, -0.2) is 45.7 Å². The number of hydrogen-bond acceptors (Lipinski definition) is 5. The number of hydrogen-bond donors (Lipinski definition) is 1. The van der Waals surface area contributed by atoms with Gasteiger partial charge in [0.1, 0.15) is 12.1 Å². The highest BCUT2D eigenvalue weighted by atomic mass is 16.5. The molecule has 0 spiro atoms. The fourth-order valence-corrected chi connectivity index (χ4v) is 3.10. The number of methoxy groups -OCH3 is 1. The van der Waals surface area contributed by atoms with Crippen LogP contribution in [0.3, 0.4) is 0 Å². The molecule has 8 heteroatoms. The number of nitrogens with one attached hydrogen (secondary N) is 1. The predicted octanol–water partition coefficient (Wildman–Crippen LogP) is 1.78. The number of fused-ring (bicyclic) bond motifs is 1. The lowest BCUT2D eigenvalue weighted by Crippen LogP contribution is -2.36. The Labute approximate surface area is 163 Å². The Hall–Kier alpha value is -3.00. The summed E-state index contributed by atoms with van der Waals surface area (Å²) in [7, 11) is 1.56. The van der Waals surface area contributed by atoms with Gasteiger partial charge < -0.3 is 10.1 Å². The zero-order chi connectivity index (χ0) is 20.3. The van der Waals surface area contributed by atoms with E-state index in [2.05, 4.69) is 15.5 Å². The van der Waals surface area contributed by atoms with Gasteiger partial charge >= 0.3 is 0 Å². The summed E-state index contributed by atoms with van der Waals surface area (Å²) in [6, 6.07) is 7.73. The van der Waals surface area contributed by atoms with Gasteiger partial charge in [-0.2, -0.15) is 10.2 Å². The number of carbonyl (C=O) groups is 1. The van der Waals surface area contributed by atoms with Gasteiger partial charge in [0.25, 0.3) is 5.56 Å². The quantitative estimate of drug-likeness (QED) is 0.628. The van der Waals surface area contributed by atoms with Crippen LogP contribution in [0.5, 0.6) is 0 Å². The number of ether oxygens (including phenoxy) is 1. The smallest absolute Gasteiger partial charge is 0.293 e. The first-order chi connectivity index (χ1) is 13.4. The monoisotopic (exact) mass is 383 g/mol. The number of aryl methyl sites for hydroxylation is 1. The molecule has 3 aromatic rings. The van der Waals surface area contributed by atoms with Crippen molar-refractivity contribution in [1.82, 2.24) is 24.9 Å². The fraction of sp³-hybridized carbons (Fsp3) is 0.400. The van der Waals surface area contributed by atoms with E-state index in [4.69, 9.17) is 4.74 Å². The third-order valence-corrected chi connectivity index (χ3v) is 4.52. The molecule has 1 amide bonds. The van der Waals surface area contributed by atoms with E-state index < -0.39 is 0 Å². The Balaban J connectivity index is 2.12. The second-order valence-corrected chi connectivity index (χ2v) is 6.95. The third kappa shape index (κ3) is 3.82. The number of benzene rings is 1. The number of rotatable bonds is 7. The molecule has 28 heavy (non-hydrogen) atoms. The minimum atomic E-state index is -0.345. The SMILES string of the molecule is COCCNC(=O)Cn1nc(C(C)C)c2cnn(-c3ccccc3C)c2c1=O. The lowest BCUT2D eigenvalue weighted by atomic mass is 10.1. The first-order valence-corrected chi connectivity index (χ1v) is 9.24. The number of nitrogens with zero attached hydrogens (tertiary/aromatic N) is 4. The van der Waals surface area contributed by atoms with E-state index in [0.717, 1.165) is 16.9 Å². The van der Waals surface area contributed by atoms with Crippen LogP contribution in [-0.2, 0) is 16.1 Å². The van der Waals surface area contributed by atoms with Crippen molar-refractivity contribution in [3.8, 4) is 5.69 Å². The summed E-state index contributed by atoms with van der Waals surface area (Å²) >= 11 is 0. The van der Waals surface area contributed by atoms with E-state index in [-0.39, 0.29) is 23.9 Å². The van der Waals surface area contributed by atoms with Crippen molar-refractivity contribution in [3.63, 3.8) is 0 Å². The molecular weight excluding hydrogens is 358 g/mol. The van der Waals surface area contributed by atoms with Gasteiger partial charge in [-0.1, -0.05) is 32.0 Å². The van der Waals surface area contributed by atoms with Gasteiger partial charge in [0, 0.05) is 19.0 Å². The lowest BCUT2D eigenvalue weighted by Gasteiger charge is -2.13. The van der Waals surface area contributed by atoms with Crippen LogP contribution in [0, 0.1) is 6.92 Å². The molecule has 1 aromatic carbocycles. The van der Waals surface area contributed by atoms with Crippen LogP contribution in [0.2, 0.25) is 0 Å². The summed E-state index contributed by atoms with van der Waals surface area (Å²) < 4.78 is 7.79. The van der Waals surface area contributed by atoms with Gasteiger partial charge in [-0.25, -0.2) is 9.36 Å². The number of para-hydroxylation sites is 1. The Kier molecular flexibility index (Phi) is 5.89. The van der Waals surface area contributed by atoms with Crippen LogP contribution >= 0.6 is 0 Å². The van der Waals surface area contributed by atoms with E-state index in [9.17, 15) is 9.59 Å². The third-order valence-electron chi connectivity index (χ3n) is 4.52. The van der Waals surface area contributed by atoms with E-state index in [1.54, 1.807) is 18.0 Å². The maximum Gasteiger partial charge on any atom is 0.293 e. The van der Waals surface area contributed by atoms with Gasteiger partial charge in [0.05, 0.1) is 24.2 Å². The van der Waals surface area contributed by atoms with Crippen LogP contribution < -0.4 is 10.9 Å². The molecule has 8 nitrogen and oxygen atoms in total. The summed E-state index contributed by atoms with van der Waals surface area (Å²) in [6.45, 7) is 6.60. The number of amides is 1. The molecule has 0 aliphatic rings. The molecule has 148 valence electrons. The van der Waals surface area contributed by atoms with Crippen molar-refractivity contribution in [2.24, 2.45) is 0 Å². The molecular formula is C20H25N5O3. The van der Waals surface area contributed by atoms with Gasteiger partial charge in [-0.3, -0.25) is 9.59 Å². The molecule has 0 aliphatic heterocycles. The molecule has 0 atom stereocenters. The van der Waals surface area contributed by atoms with E-state index in [1.807, 2.05) is 45.0 Å². The van der Waals surface area contributed by atoms with Gasteiger partial charge in [0.2, 0.25) is 5.91 Å². The van der Waals surface area contributed by atoms with Gasteiger partial charge in [-0.05, 0) is 24.5 Å². The summed E-state index contributed by atoms with van der Waals surface area (Å²) in [5, 5.41) is 12.3. The van der Waals surface area contributed by atoms with Crippen molar-refractivity contribution in [2.45, 2.75) is 33.2 Å².